The van der Waals surface area contributed by atoms with E-state index in [1.165, 1.54) is 29.2 Å². The number of likely N-dealkylation sites (tertiary alicyclic amines) is 3. The van der Waals surface area contributed by atoms with Gasteiger partial charge in [0.2, 0.25) is 29.5 Å². The second-order valence-corrected chi connectivity index (χ2v) is 25.5. The van der Waals surface area contributed by atoms with E-state index >= 15 is 0 Å². The van der Waals surface area contributed by atoms with Crippen LogP contribution in [0.2, 0.25) is 0 Å². The Bertz CT molecular complexity index is 3400. The lowest BCUT2D eigenvalue weighted by Gasteiger charge is -2.36. The van der Waals surface area contributed by atoms with Crippen LogP contribution < -0.4 is 30.7 Å². The van der Waals surface area contributed by atoms with Crippen molar-refractivity contribution in [3.05, 3.63) is 125 Å². The van der Waals surface area contributed by atoms with E-state index in [1.807, 2.05) is 69.6 Å². The average Bonchev–Trinajstić information content (AvgIpc) is 1.80. The Morgan fingerprint density at radius 1 is 0.787 bits per heavy atom. The summed E-state index contributed by atoms with van der Waals surface area (Å²) in [5, 5.41) is 23.0. The van der Waals surface area contributed by atoms with Crippen molar-refractivity contribution in [2.75, 3.05) is 83.4 Å². The number of benzene rings is 4. The predicted octanol–water partition coefficient (Wildman–Crippen LogP) is 8.64. The number of amides is 5. The summed E-state index contributed by atoms with van der Waals surface area (Å²) < 4.78 is 44.1. The Hall–Kier alpha value is -7.44. The Kier molecular flexibility index (Phi) is 21.4. The molecule has 89 heavy (non-hydrogen) atoms. The standard InChI is InChI=1S/C67H82FN9O11S/c1-43-60(89-42-71-43)45-8-6-44(7-9-45)39-70-62(80)56-37-50(78)40-77(56)63(81)61(66(2,3)4)74-59(79)23-31-75-27-19-51(20-28-75)86-34-35-87-52-21-29-76(30-22-52)32-33-85-41-46-36-55-54(38-58(46)84-5)57(18-26-69-55)88-53-16-14-49(15-17-53)73-65(83)67(24-25-67)64(82)72-48-12-10-47(68)11-13-48/h6-18,26,36,38,42,50-52,56,61,78H,19-25,27-35,37,39-41H2,1-5H3,(H,70,80)(H,72,82)(H,73,83)(H,74,79)/t50-,56+,61-/m1/s1. The molecule has 1 saturated carbocycles. The molecular weight excluding hydrogens is 1160 g/mol. The van der Waals surface area contributed by atoms with Crippen molar-refractivity contribution < 1.29 is 57.2 Å². The number of pyridine rings is 1. The largest absolute Gasteiger partial charge is 0.496 e. The summed E-state index contributed by atoms with van der Waals surface area (Å²) >= 11 is 1.58. The minimum atomic E-state index is -1.18. The van der Waals surface area contributed by atoms with E-state index in [-0.39, 0.29) is 55.9 Å². The van der Waals surface area contributed by atoms with Gasteiger partial charge < -0.3 is 64.8 Å². The molecule has 5 heterocycles. The monoisotopic (exact) mass is 1240 g/mol. The molecule has 474 valence electrons. The Balaban J connectivity index is 0.581. The number of methoxy groups -OCH3 is 1. The molecule has 0 spiro atoms. The number of fused-ring (bicyclic) bond motifs is 1. The van der Waals surface area contributed by atoms with Crippen LogP contribution in [0, 0.1) is 23.6 Å². The molecule has 5 amide bonds. The first-order chi connectivity index (χ1) is 42.9. The third-order valence-corrected chi connectivity index (χ3v) is 18.2. The zero-order valence-electron chi connectivity index (χ0n) is 51.4. The molecule has 22 heteroatoms. The van der Waals surface area contributed by atoms with Crippen LogP contribution in [0.25, 0.3) is 21.3 Å². The van der Waals surface area contributed by atoms with Crippen molar-refractivity contribution in [2.45, 2.75) is 123 Å². The normalized spacial score (nSPS) is 18.5. The summed E-state index contributed by atoms with van der Waals surface area (Å²) in [5.74, 6) is -0.445. The topological polar surface area (TPSA) is 235 Å². The van der Waals surface area contributed by atoms with E-state index in [9.17, 15) is 33.5 Å². The van der Waals surface area contributed by atoms with E-state index in [2.05, 4.69) is 41.0 Å². The van der Waals surface area contributed by atoms with Gasteiger partial charge >= 0.3 is 0 Å². The second kappa shape index (κ2) is 29.5. The lowest BCUT2D eigenvalue weighted by Crippen LogP contribution is -2.58. The quantitative estimate of drug-likeness (QED) is 0.0253. The van der Waals surface area contributed by atoms with Gasteiger partial charge in [-0.3, -0.25) is 29.0 Å². The number of anilines is 2. The number of carbonyl (C=O) groups excluding carboxylic acids is 5. The Labute approximate surface area is 523 Å². The fraction of sp³-hybridized carbons (Fsp3) is 0.478. The smallest absolute Gasteiger partial charge is 0.246 e. The number of piperidine rings is 2. The average molecular weight is 1240 g/mol. The number of carbonyl (C=O) groups is 5. The van der Waals surface area contributed by atoms with Crippen LogP contribution in [-0.4, -0.2) is 162 Å². The van der Waals surface area contributed by atoms with Gasteiger partial charge in [0.25, 0.3) is 0 Å². The van der Waals surface area contributed by atoms with Crippen LogP contribution in [0.4, 0.5) is 15.8 Å². The van der Waals surface area contributed by atoms with Crippen molar-refractivity contribution in [3.8, 4) is 27.7 Å². The van der Waals surface area contributed by atoms with E-state index in [0.29, 0.717) is 80.0 Å². The highest BCUT2D eigenvalue weighted by Crippen LogP contribution is 2.48. The maximum Gasteiger partial charge on any atom is 0.246 e. The van der Waals surface area contributed by atoms with Crippen LogP contribution in [0.5, 0.6) is 17.2 Å². The number of aryl methyl sites for hydroxylation is 1. The number of aliphatic hydroxyl groups excluding tert-OH is 1. The van der Waals surface area contributed by atoms with Gasteiger partial charge in [0.15, 0.2) is 0 Å². The number of rotatable bonds is 26. The maximum atomic E-state index is 14.2. The summed E-state index contributed by atoms with van der Waals surface area (Å²) in [6.45, 7) is 14.6. The zero-order chi connectivity index (χ0) is 62.7. The van der Waals surface area contributed by atoms with E-state index < -0.39 is 46.6 Å². The molecule has 1 aliphatic carbocycles. The van der Waals surface area contributed by atoms with Gasteiger partial charge in [0, 0.05) is 93.7 Å². The molecule has 20 nitrogen and oxygen atoms in total. The molecule has 0 bridgehead atoms. The number of β-amino-alcohol motifs (C(OH)–C–C–N with tert-alkyl or cyclic N) is 1. The number of thiazole rings is 1. The first kappa shape index (κ1) is 64.5. The second-order valence-electron chi connectivity index (χ2n) is 24.7. The third-order valence-electron chi connectivity index (χ3n) is 17.2. The minimum absolute atomic E-state index is 0.0152. The van der Waals surface area contributed by atoms with Gasteiger partial charge in [-0.1, -0.05) is 45.0 Å². The highest BCUT2D eigenvalue weighted by Gasteiger charge is 2.56. The van der Waals surface area contributed by atoms with Crippen LogP contribution in [-0.2, 0) is 51.3 Å². The lowest BCUT2D eigenvalue weighted by molar-refractivity contribution is -0.144. The molecule has 3 saturated heterocycles. The molecule has 4 aliphatic rings. The van der Waals surface area contributed by atoms with Gasteiger partial charge in [0.05, 0.1) is 73.4 Å². The van der Waals surface area contributed by atoms with E-state index in [1.54, 1.807) is 55.0 Å². The first-order valence-corrected chi connectivity index (χ1v) is 31.7. The number of aromatic nitrogens is 2. The predicted molar refractivity (Wildman–Crippen MR) is 337 cm³/mol. The number of nitrogens with one attached hydrogen (secondary N) is 4. The molecule has 0 radical (unpaired) electrons. The van der Waals surface area contributed by atoms with Gasteiger partial charge in [-0.25, -0.2) is 9.37 Å². The van der Waals surface area contributed by atoms with E-state index in [4.69, 9.17) is 23.7 Å². The summed E-state index contributed by atoms with van der Waals surface area (Å²) in [6.07, 6.45) is 5.85. The van der Waals surface area contributed by atoms with Crippen molar-refractivity contribution >= 4 is 63.2 Å². The summed E-state index contributed by atoms with van der Waals surface area (Å²) in [4.78, 5) is 83.6. The number of nitrogens with zero attached hydrogens (tertiary/aromatic N) is 5. The first-order valence-electron chi connectivity index (χ1n) is 30.8. The molecule has 0 unspecified atom stereocenters. The highest BCUT2D eigenvalue weighted by atomic mass is 32.1. The zero-order valence-corrected chi connectivity index (χ0v) is 52.2. The summed E-state index contributed by atoms with van der Waals surface area (Å²) in [6, 6.07) is 24.1. The van der Waals surface area contributed by atoms with Gasteiger partial charge in [-0.05, 0) is 129 Å². The molecule has 6 aromatic rings. The summed E-state index contributed by atoms with van der Waals surface area (Å²) in [5.41, 5.74) is 5.44. The van der Waals surface area contributed by atoms with Gasteiger partial charge in [-0.2, -0.15) is 0 Å². The molecule has 3 aliphatic heterocycles. The number of aliphatic hydroxyl groups is 1. The van der Waals surface area contributed by atoms with Crippen molar-refractivity contribution in [1.29, 1.82) is 0 Å². The molecule has 4 aromatic carbocycles. The van der Waals surface area contributed by atoms with Crippen LogP contribution in [0.3, 0.4) is 0 Å². The maximum absolute atomic E-state index is 14.2. The van der Waals surface area contributed by atoms with Crippen molar-refractivity contribution in [3.63, 3.8) is 0 Å². The molecule has 10 rings (SSSR count). The lowest BCUT2D eigenvalue weighted by atomic mass is 9.85. The van der Waals surface area contributed by atoms with Crippen LogP contribution in [0.15, 0.2) is 103 Å². The van der Waals surface area contributed by atoms with Crippen molar-refractivity contribution in [1.82, 2.24) is 35.3 Å². The fourth-order valence-corrected chi connectivity index (χ4v) is 12.5. The number of hydrogen-bond acceptors (Lipinski definition) is 16. The minimum Gasteiger partial charge on any atom is -0.496 e. The van der Waals surface area contributed by atoms with Gasteiger partial charge in [0.1, 0.15) is 40.6 Å². The molecule has 5 N–H and O–H groups in total. The molecule has 2 aromatic heterocycles. The number of hydrogen-bond donors (Lipinski definition) is 5. The van der Waals surface area contributed by atoms with E-state index in [0.717, 1.165) is 91.1 Å². The third kappa shape index (κ3) is 16.9. The SMILES string of the molecule is COc1cc2c(Oc3ccc(NC(=O)C4(C(=O)Nc5ccc(F)cc5)CC4)cc3)ccnc2cc1COCCN1CCC(OCCOC2CCN(CCC(=O)N[C@H](C(=O)N3C[C@H](O)C[C@H]3C(=O)NCc3ccc(-c4scnc4C)cc3)C(C)(C)C)CC2)CC1. The Morgan fingerprint density at radius 2 is 1.42 bits per heavy atom. The molecule has 3 atom stereocenters. The number of ether oxygens (including phenoxy) is 5. The molecular formula is C67H82FN9O11S. The Morgan fingerprint density at radius 3 is 2.01 bits per heavy atom. The van der Waals surface area contributed by atoms with Crippen LogP contribution in [0.1, 0.15) is 89.0 Å². The number of halogens is 1. The molecule has 4 fully saturated rings. The van der Waals surface area contributed by atoms with Gasteiger partial charge in [-0.15, -0.1) is 11.3 Å². The van der Waals surface area contributed by atoms with Crippen LogP contribution >= 0.6 is 11.3 Å². The van der Waals surface area contributed by atoms with Crippen molar-refractivity contribution in [2.24, 2.45) is 10.8 Å². The highest BCUT2D eigenvalue weighted by molar-refractivity contribution is 7.13. The fourth-order valence-electron chi connectivity index (χ4n) is 11.7. The summed E-state index contributed by atoms with van der Waals surface area (Å²) in [7, 11) is 1.62.